The van der Waals surface area contributed by atoms with Gasteiger partial charge in [0.2, 0.25) is 0 Å². The number of likely N-dealkylation sites (N-methyl/N-ethyl adjacent to an activating group) is 1. The monoisotopic (exact) mass is 294 g/mol. The van der Waals surface area contributed by atoms with Crippen molar-refractivity contribution in [2.24, 2.45) is 0 Å². The summed E-state index contributed by atoms with van der Waals surface area (Å²) < 4.78 is 5.90. The van der Waals surface area contributed by atoms with E-state index < -0.39 is 0 Å². The molecule has 2 aliphatic heterocycles. The van der Waals surface area contributed by atoms with E-state index in [0.717, 1.165) is 37.8 Å². The number of fused-ring (bicyclic) bond motifs is 1. The normalized spacial score (nSPS) is 29.4. The zero-order valence-corrected chi connectivity index (χ0v) is 13.0. The number of likely N-dealkylation sites (tertiary alicyclic amines) is 1. The molecular weight excluding hydrogens is 272 g/mol. The number of hydrogen-bond acceptors (Lipinski definition) is 3. The van der Waals surface area contributed by atoms with Gasteiger partial charge in [-0.1, -0.05) is 30.7 Å². The van der Waals surface area contributed by atoms with Gasteiger partial charge in [-0.15, -0.1) is 0 Å². The Morgan fingerprint density at radius 2 is 2.25 bits per heavy atom. The van der Waals surface area contributed by atoms with Crippen LogP contribution >= 0.6 is 11.6 Å². The van der Waals surface area contributed by atoms with Crippen LogP contribution in [0.2, 0.25) is 5.02 Å². The molecule has 0 aliphatic carbocycles. The van der Waals surface area contributed by atoms with E-state index in [-0.39, 0.29) is 0 Å². The standard InChI is InChI=1S/C16H23ClN2O/c1-12(13-4-3-5-14(17)8-13)9-19-10-15-16(11-19)20-7-6-18(15)2/h3-5,8,12,15-16H,6-7,9-11H2,1-2H3/t12-,15+,16-/m1/s1. The van der Waals surface area contributed by atoms with Gasteiger partial charge in [0.25, 0.3) is 0 Å². The van der Waals surface area contributed by atoms with Gasteiger partial charge in [-0.3, -0.25) is 9.80 Å². The molecule has 0 radical (unpaired) electrons. The Morgan fingerprint density at radius 1 is 1.40 bits per heavy atom. The van der Waals surface area contributed by atoms with Gasteiger partial charge < -0.3 is 4.74 Å². The largest absolute Gasteiger partial charge is 0.374 e. The first-order valence-electron chi connectivity index (χ1n) is 7.43. The first kappa shape index (κ1) is 14.3. The van der Waals surface area contributed by atoms with Crippen LogP contribution in [0.1, 0.15) is 18.4 Å². The van der Waals surface area contributed by atoms with Crippen molar-refractivity contribution >= 4 is 11.6 Å². The molecule has 2 heterocycles. The van der Waals surface area contributed by atoms with Gasteiger partial charge in [0.15, 0.2) is 0 Å². The maximum atomic E-state index is 6.08. The van der Waals surface area contributed by atoms with Crippen LogP contribution in [-0.2, 0) is 4.74 Å². The molecule has 0 bridgehead atoms. The molecule has 2 fully saturated rings. The minimum Gasteiger partial charge on any atom is -0.374 e. The van der Waals surface area contributed by atoms with Crippen molar-refractivity contribution in [3.8, 4) is 0 Å². The smallest absolute Gasteiger partial charge is 0.0869 e. The molecule has 0 amide bonds. The van der Waals surface area contributed by atoms with Gasteiger partial charge >= 0.3 is 0 Å². The summed E-state index contributed by atoms with van der Waals surface area (Å²) >= 11 is 6.08. The fourth-order valence-electron chi connectivity index (χ4n) is 3.39. The van der Waals surface area contributed by atoms with E-state index in [1.165, 1.54) is 5.56 Å². The number of benzene rings is 1. The maximum absolute atomic E-state index is 6.08. The molecule has 0 N–H and O–H groups in total. The zero-order valence-electron chi connectivity index (χ0n) is 12.3. The highest BCUT2D eigenvalue weighted by molar-refractivity contribution is 6.30. The lowest BCUT2D eigenvalue weighted by Gasteiger charge is -2.33. The summed E-state index contributed by atoms with van der Waals surface area (Å²) in [5.74, 6) is 0.499. The number of morpholine rings is 1. The molecule has 2 aliphatic rings. The first-order chi connectivity index (χ1) is 9.63. The van der Waals surface area contributed by atoms with Gasteiger partial charge in [-0.05, 0) is 30.7 Å². The Morgan fingerprint density at radius 3 is 3.00 bits per heavy atom. The van der Waals surface area contributed by atoms with Gasteiger partial charge in [0.1, 0.15) is 0 Å². The second kappa shape index (κ2) is 6.02. The van der Waals surface area contributed by atoms with E-state index in [1.807, 2.05) is 12.1 Å². The van der Waals surface area contributed by atoms with E-state index in [4.69, 9.17) is 16.3 Å². The molecule has 0 aromatic heterocycles. The van der Waals surface area contributed by atoms with Crippen LogP contribution in [0.25, 0.3) is 0 Å². The van der Waals surface area contributed by atoms with Gasteiger partial charge in [-0.25, -0.2) is 0 Å². The molecule has 3 nitrogen and oxygen atoms in total. The lowest BCUT2D eigenvalue weighted by Crippen LogP contribution is -2.48. The number of hydrogen-bond donors (Lipinski definition) is 0. The fraction of sp³-hybridized carbons (Fsp3) is 0.625. The molecule has 0 unspecified atom stereocenters. The average molecular weight is 295 g/mol. The Kier molecular flexibility index (Phi) is 4.32. The highest BCUT2D eigenvalue weighted by Gasteiger charge is 2.38. The molecule has 3 rings (SSSR count). The number of ether oxygens (including phenoxy) is 1. The van der Waals surface area contributed by atoms with Gasteiger partial charge in [-0.2, -0.15) is 0 Å². The summed E-state index contributed by atoms with van der Waals surface area (Å²) in [5, 5.41) is 0.826. The number of nitrogens with zero attached hydrogens (tertiary/aromatic N) is 2. The Bertz CT molecular complexity index is 468. The number of rotatable bonds is 3. The summed E-state index contributed by atoms with van der Waals surface area (Å²) in [6.45, 7) is 7.45. The molecule has 1 aromatic carbocycles. The molecule has 4 heteroatoms. The summed E-state index contributed by atoms with van der Waals surface area (Å²) in [6, 6.07) is 8.79. The van der Waals surface area contributed by atoms with Gasteiger partial charge in [0.05, 0.1) is 12.7 Å². The Hall–Kier alpha value is -0.610. The van der Waals surface area contributed by atoms with Crippen molar-refractivity contribution in [3.63, 3.8) is 0 Å². The molecule has 3 atom stereocenters. The van der Waals surface area contributed by atoms with Crippen LogP contribution in [-0.4, -0.2) is 61.8 Å². The van der Waals surface area contributed by atoms with Crippen LogP contribution in [0.3, 0.4) is 0 Å². The SMILES string of the molecule is C[C@H](CN1C[C@H]2OCCN(C)[C@H]2C1)c1cccc(Cl)c1. The molecule has 110 valence electrons. The predicted octanol–water partition coefficient (Wildman–Crippen LogP) is 2.46. The third-order valence-electron chi connectivity index (χ3n) is 4.60. The van der Waals surface area contributed by atoms with E-state index in [2.05, 4.69) is 35.9 Å². The van der Waals surface area contributed by atoms with Crippen molar-refractivity contribution < 1.29 is 4.74 Å². The maximum Gasteiger partial charge on any atom is 0.0869 e. The molecule has 0 saturated carbocycles. The Labute approximate surface area is 126 Å². The molecule has 20 heavy (non-hydrogen) atoms. The van der Waals surface area contributed by atoms with E-state index >= 15 is 0 Å². The lowest BCUT2D eigenvalue weighted by molar-refractivity contribution is -0.0369. The lowest BCUT2D eigenvalue weighted by atomic mass is 10.0. The second-order valence-electron chi connectivity index (χ2n) is 6.13. The third-order valence-corrected chi connectivity index (χ3v) is 4.84. The Balaban J connectivity index is 1.61. The van der Waals surface area contributed by atoms with Crippen molar-refractivity contribution in [1.29, 1.82) is 0 Å². The van der Waals surface area contributed by atoms with Crippen molar-refractivity contribution in [3.05, 3.63) is 34.9 Å². The van der Waals surface area contributed by atoms with Gasteiger partial charge in [0, 0.05) is 37.2 Å². The molecule has 0 spiro atoms. The molecular formula is C16H23ClN2O. The van der Waals surface area contributed by atoms with E-state index in [1.54, 1.807) is 0 Å². The minimum atomic E-state index is 0.389. The number of halogens is 1. The minimum absolute atomic E-state index is 0.389. The zero-order chi connectivity index (χ0) is 14.1. The predicted molar refractivity (Wildman–Crippen MR) is 82.5 cm³/mol. The fourth-order valence-corrected chi connectivity index (χ4v) is 3.59. The first-order valence-corrected chi connectivity index (χ1v) is 7.81. The quantitative estimate of drug-likeness (QED) is 0.852. The molecule has 1 aromatic rings. The van der Waals surface area contributed by atoms with Crippen LogP contribution in [0.5, 0.6) is 0 Å². The van der Waals surface area contributed by atoms with Crippen LogP contribution in [0.15, 0.2) is 24.3 Å². The summed E-state index contributed by atoms with van der Waals surface area (Å²) in [4.78, 5) is 4.97. The summed E-state index contributed by atoms with van der Waals surface area (Å²) in [7, 11) is 2.21. The molecule has 2 saturated heterocycles. The average Bonchev–Trinajstić information content (AvgIpc) is 2.83. The highest BCUT2D eigenvalue weighted by Crippen LogP contribution is 2.25. The summed E-state index contributed by atoms with van der Waals surface area (Å²) in [6.07, 6.45) is 0.389. The highest BCUT2D eigenvalue weighted by atomic mass is 35.5. The van der Waals surface area contributed by atoms with Crippen LogP contribution in [0, 0.1) is 0 Å². The second-order valence-corrected chi connectivity index (χ2v) is 6.57. The van der Waals surface area contributed by atoms with Crippen LogP contribution < -0.4 is 0 Å². The van der Waals surface area contributed by atoms with Crippen molar-refractivity contribution in [2.45, 2.75) is 25.0 Å². The van der Waals surface area contributed by atoms with E-state index in [0.29, 0.717) is 18.1 Å². The van der Waals surface area contributed by atoms with Crippen LogP contribution in [0.4, 0.5) is 0 Å². The summed E-state index contributed by atoms with van der Waals surface area (Å²) in [5.41, 5.74) is 1.32. The van der Waals surface area contributed by atoms with Crippen molar-refractivity contribution in [1.82, 2.24) is 9.80 Å². The van der Waals surface area contributed by atoms with E-state index in [9.17, 15) is 0 Å². The topological polar surface area (TPSA) is 15.7 Å². The third kappa shape index (κ3) is 3.01. The van der Waals surface area contributed by atoms with Crippen molar-refractivity contribution in [2.75, 3.05) is 39.8 Å².